The summed E-state index contributed by atoms with van der Waals surface area (Å²) < 4.78 is 35.7. The second-order valence-corrected chi connectivity index (χ2v) is 5.43. The number of aromatic nitrogens is 1. The zero-order chi connectivity index (χ0) is 14.6. The first-order chi connectivity index (χ1) is 8.69. The number of alkyl halides is 3. The lowest BCUT2D eigenvalue weighted by molar-refractivity contribution is -0.128. The van der Waals surface area contributed by atoms with Gasteiger partial charge < -0.3 is 10.6 Å². The highest BCUT2D eigenvalue weighted by Crippen LogP contribution is 2.24. The molecule has 4 nitrogen and oxygen atoms in total. The number of hydrogen-bond donors (Lipinski definition) is 2. The van der Waals surface area contributed by atoms with Crippen molar-refractivity contribution in [2.45, 2.75) is 33.0 Å². The van der Waals surface area contributed by atoms with Crippen LogP contribution in [0.15, 0.2) is 0 Å². The molecule has 0 aliphatic carbocycles. The number of halogens is 3. The largest absolute Gasteiger partial charge is 0.401 e. The summed E-state index contributed by atoms with van der Waals surface area (Å²) in [6.07, 6.45) is -4.31. The maximum atomic E-state index is 11.9. The lowest BCUT2D eigenvalue weighted by Crippen LogP contribution is -2.39. The fraction of sp³-hybridized carbons (Fsp3) is 0.636. The normalized spacial score (nSPS) is 13.4. The van der Waals surface area contributed by atoms with Crippen molar-refractivity contribution in [3.63, 3.8) is 0 Å². The summed E-state index contributed by atoms with van der Waals surface area (Å²) in [6, 6.07) is -0.258. The molecule has 1 rings (SSSR count). The molecule has 1 aromatic rings. The van der Waals surface area contributed by atoms with Crippen LogP contribution in [0.4, 0.5) is 13.2 Å². The van der Waals surface area contributed by atoms with E-state index in [-0.39, 0.29) is 12.6 Å². The molecule has 0 fully saturated rings. The van der Waals surface area contributed by atoms with Crippen molar-refractivity contribution >= 4 is 17.2 Å². The first-order valence-corrected chi connectivity index (χ1v) is 6.51. The molecule has 0 bridgehead atoms. The number of amides is 1. The molecule has 0 radical (unpaired) electrons. The third-order valence-corrected chi connectivity index (χ3v) is 3.58. The van der Waals surface area contributed by atoms with Crippen molar-refractivity contribution in [1.29, 1.82) is 0 Å². The average Bonchev–Trinajstić information content (AvgIpc) is 2.55. The van der Waals surface area contributed by atoms with E-state index < -0.39 is 18.6 Å². The highest BCUT2D eigenvalue weighted by Gasteiger charge is 2.26. The summed E-state index contributed by atoms with van der Waals surface area (Å²) in [5.74, 6) is -0.470. The highest BCUT2D eigenvalue weighted by molar-refractivity contribution is 7.11. The lowest BCUT2D eigenvalue weighted by Gasteiger charge is -2.14. The van der Waals surface area contributed by atoms with E-state index in [1.54, 1.807) is 6.92 Å². The van der Waals surface area contributed by atoms with E-state index in [0.717, 1.165) is 15.6 Å². The molecular weight excluding hydrogens is 279 g/mol. The fourth-order valence-electron chi connectivity index (χ4n) is 1.62. The quantitative estimate of drug-likeness (QED) is 0.874. The van der Waals surface area contributed by atoms with Gasteiger partial charge in [0.15, 0.2) is 0 Å². The molecule has 108 valence electrons. The number of aryl methyl sites for hydroxylation is 2. The van der Waals surface area contributed by atoms with Gasteiger partial charge in [0.2, 0.25) is 5.91 Å². The van der Waals surface area contributed by atoms with Gasteiger partial charge in [-0.25, -0.2) is 4.98 Å². The third-order valence-electron chi connectivity index (χ3n) is 2.32. The maximum Gasteiger partial charge on any atom is 0.401 e. The van der Waals surface area contributed by atoms with E-state index >= 15 is 0 Å². The Morgan fingerprint density at radius 2 is 2.05 bits per heavy atom. The minimum atomic E-state index is -4.31. The average molecular weight is 295 g/mol. The zero-order valence-electron chi connectivity index (χ0n) is 10.9. The Labute approximate surface area is 113 Å². The molecule has 1 aromatic heterocycles. The standard InChI is InChI=1S/C11H16F3N3OS/c1-6-10(19-8(3)16-6)7(2)17-9(18)4-15-5-11(12,13)14/h7,15H,4-5H2,1-3H3,(H,17,18). The fourth-order valence-corrected chi connectivity index (χ4v) is 2.55. The Kier molecular flexibility index (Phi) is 5.30. The van der Waals surface area contributed by atoms with E-state index in [2.05, 4.69) is 15.6 Å². The molecule has 1 unspecified atom stereocenters. The van der Waals surface area contributed by atoms with Crippen LogP contribution in [0, 0.1) is 13.8 Å². The topological polar surface area (TPSA) is 54.0 Å². The molecule has 8 heteroatoms. The first-order valence-electron chi connectivity index (χ1n) is 5.70. The van der Waals surface area contributed by atoms with Gasteiger partial charge >= 0.3 is 6.18 Å². The minimum absolute atomic E-state index is 0.258. The van der Waals surface area contributed by atoms with E-state index in [0.29, 0.717) is 0 Å². The summed E-state index contributed by atoms with van der Waals surface area (Å²) in [5, 5.41) is 5.58. The number of carbonyl (C=O) groups is 1. The maximum absolute atomic E-state index is 11.9. The number of thiazole rings is 1. The summed E-state index contributed by atoms with van der Waals surface area (Å²) in [7, 11) is 0. The monoisotopic (exact) mass is 295 g/mol. The van der Waals surface area contributed by atoms with Crippen molar-refractivity contribution in [2.75, 3.05) is 13.1 Å². The molecular formula is C11H16F3N3OS. The molecule has 0 spiro atoms. The van der Waals surface area contributed by atoms with Crippen LogP contribution in [0.1, 0.15) is 28.5 Å². The Balaban J connectivity index is 2.42. The van der Waals surface area contributed by atoms with Gasteiger partial charge in [0, 0.05) is 4.88 Å². The molecule has 1 atom stereocenters. The molecule has 0 aliphatic rings. The van der Waals surface area contributed by atoms with Crippen molar-refractivity contribution in [2.24, 2.45) is 0 Å². The minimum Gasteiger partial charge on any atom is -0.348 e. The van der Waals surface area contributed by atoms with Gasteiger partial charge in [0.1, 0.15) is 0 Å². The van der Waals surface area contributed by atoms with E-state index in [1.807, 2.05) is 13.8 Å². The molecule has 0 saturated carbocycles. The first kappa shape index (κ1) is 15.9. The van der Waals surface area contributed by atoms with Crippen LogP contribution in [0.5, 0.6) is 0 Å². The number of carbonyl (C=O) groups excluding carboxylic acids is 1. The second kappa shape index (κ2) is 6.33. The molecule has 0 aliphatic heterocycles. The SMILES string of the molecule is Cc1nc(C)c(C(C)NC(=O)CNCC(F)(F)F)s1. The van der Waals surface area contributed by atoms with E-state index in [9.17, 15) is 18.0 Å². The van der Waals surface area contributed by atoms with Gasteiger partial charge in [-0.3, -0.25) is 4.79 Å². The molecule has 19 heavy (non-hydrogen) atoms. The molecule has 0 saturated heterocycles. The van der Waals surface area contributed by atoms with Crippen LogP contribution in [-0.4, -0.2) is 30.2 Å². The van der Waals surface area contributed by atoms with Gasteiger partial charge in [-0.15, -0.1) is 11.3 Å². The van der Waals surface area contributed by atoms with Crippen LogP contribution < -0.4 is 10.6 Å². The van der Waals surface area contributed by atoms with Crippen molar-refractivity contribution in [3.8, 4) is 0 Å². The van der Waals surface area contributed by atoms with Gasteiger partial charge in [0.25, 0.3) is 0 Å². The van der Waals surface area contributed by atoms with Gasteiger partial charge in [0.05, 0.1) is 29.8 Å². The number of rotatable bonds is 5. The number of nitrogens with one attached hydrogen (secondary N) is 2. The van der Waals surface area contributed by atoms with Gasteiger partial charge in [-0.05, 0) is 20.8 Å². The molecule has 0 aromatic carbocycles. The van der Waals surface area contributed by atoms with Crippen LogP contribution in [-0.2, 0) is 4.79 Å². The smallest absolute Gasteiger partial charge is 0.348 e. The van der Waals surface area contributed by atoms with E-state index in [4.69, 9.17) is 0 Å². The van der Waals surface area contributed by atoms with Crippen molar-refractivity contribution in [3.05, 3.63) is 15.6 Å². The lowest BCUT2D eigenvalue weighted by atomic mass is 10.2. The van der Waals surface area contributed by atoms with Crippen LogP contribution in [0.3, 0.4) is 0 Å². The van der Waals surface area contributed by atoms with Crippen LogP contribution in [0.2, 0.25) is 0 Å². The third kappa shape index (κ3) is 5.56. The Hall–Kier alpha value is -1.15. The molecule has 1 amide bonds. The highest BCUT2D eigenvalue weighted by atomic mass is 32.1. The van der Waals surface area contributed by atoms with Gasteiger partial charge in [-0.1, -0.05) is 0 Å². The Morgan fingerprint density at radius 1 is 1.42 bits per heavy atom. The predicted octanol–water partition coefficient (Wildman–Crippen LogP) is 2.09. The molecule has 1 heterocycles. The predicted molar refractivity (Wildman–Crippen MR) is 67.1 cm³/mol. The Bertz CT molecular complexity index is 445. The van der Waals surface area contributed by atoms with Crippen molar-refractivity contribution < 1.29 is 18.0 Å². The summed E-state index contributed by atoms with van der Waals surface area (Å²) in [6.45, 7) is 3.94. The summed E-state index contributed by atoms with van der Waals surface area (Å²) in [5.41, 5.74) is 0.832. The summed E-state index contributed by atoms with van der Waals surface area (Å²) >= 11 is 1.47. The number of hydrogen-bond acceptors (Lipinski definition) is 4. The van der Waals surface area contributed by atoms with Crippen LogP contribution >= 0.6 is 11.3 Å². The van der Waals surface area contributed by atoms with E-state index in [1.165, 1.54) is 11.3 Å². The zero-order valence-corrected chi connectivity index (χ0v) is 11.7. The molecule has 2 N–H and O–H groups in total. The van der Waals surface area contributed by atoms with Crippen LogP contribution in [0.25, 0.3) is 0 Å². The number of nitrogens with zero attached hydrogens (tertiary/aromatic N) is 1. The second-order valence-electron chi connectivity index (χ2n) is 4.19. The Morgan fingerprint density at radius 3 is 2.53 bits per heavy atom. The van der Waals surface area contributed by atoms with Crippen molar-refractivity contribution in [1.82, 2.24) is 15.6 Å². The van der Waals surface area contributed by atoms with Gasteiger partial charge in [-0.2, -0.15) is 13.2 Å². The summed E-state index contributed by atoms with van der Waals surface area (Å²) in [4.78, 5) is 16.6.